The molecule has 0 radical (unpaired) electrons. The third-order valence-electron chi connectivity index (χ3n) is 6.75. The van der Waals surface area contributed by atoms with Gasteiger partial charge in [-0.05, 0) is 43.0 Å². The van der Waals surface area contributed by atoms with Gasteiger partial charge in [0.2, 0.25) is 5.78 Å². The fourth-order valence-electron chi connectivity index (χ4n) is 4.58. The molecule has 0 aromatic carbocycles. The van der Waals surface area contributed by atoms with Crippen LogP contribution in [0.25, 0.3) is 17.2 Å². The molecule has 0 bridgehead atoms. The van der Waals surface area contributed by atoms with Crippen molar-refractivity contribution in [3.63, 3.8) is 0 Å². The quantitative estimate of drug-likeness (QED) is 0.384. The van der Waals surface area contributed by atoms with Gasteiger partial charge >= 0.3 is 15.5 Å². The van der Waals surface area contributed by atoms with Crippen molar-refractivity contribution in [1.82, 2.24) is 38.8 Å². The van der Waals surface area contributed by atoms with E-state index in [9.17, 15) is 26.4 Å². The number of amides is 1. The predicted molar refractivity (Wildman–Crippen MR) is 132 cm³/mol. The van der Waals surface area contributed by atoms with Crippen LogP contribution in [0, 0.1) is 6.92 Å². The molecule has 1 fully saturated rings. The average Bonchev–Trinajstić information content (AvgIpc) is 3.54. The minimum absolute atomic E-state index is 0.00404. The second-order valence-corrected chi connectivity index (χ2v) is 11.6. The van der Waals surface area contributed by atoms with Crippen LogP contribution in [-0.4, -0.2) is 59.8 Å². The maximum atomic E-state index is 13.2. The zero-order valence-electron chi connectivity index (χ0n) is 20.7. The average molecular weight is 561 g/mol. The largest absolute Gasteiger partial charge is 0.511 e. The number of carbonyl (C=O) groups is 1. The molecule has 0 spiro atoms. The number of fused-ring (bicyclic) bond motifs is 2. The highest BCUT2D eigenvalue weighted by molar-refractivity contribution is 7.89. The number of sulfonamides is 1. The number of rotatable bonds is 6. The van der Waals surface area contributed by atoms with Crippen molar-refractivity contribution in [2.75, 3.05) is 6.54 Å². The first kappa shape index (κ1) is 25.4. The Hall–Kier alpha value is -3.85. The SMILES string of the molecule is Cc1cnc2nc(C3CC3)c(C(=O)NCc3ccc(-c4cc5n(n4)CCN(S(=O)(=O)C(F)(F)F)C5)nc3)n2c1. The number of hydrogen-bond donors (Lipinski definition) is 1. The zero-order chi connectivity index (χ0) is 27.5. The van der Waals surface area contributed by atoms with Crippen LogP contribution in [-0.2, 0) is 29.7 Å². The summed E-state index contributed by atoms with van der Waals surface area (Å²) < 4.78 is 66.0. The molecule has 1 aliphatic heterocycles. The van der Waals surface area contributed by atoms with Crippen LogP contribution in [0.1, 0.15) is 51.8 Å². The highest BCUT2D eigenvalue weighted by Gasteiger charge is 2.50. The first-order valence-corrected chi connectivity index (χ1v) is 13.7. The Kier molecular flexibility index (Phi) is 5.95. The molecule has 4 aromatic heterocycles. The van der Waals surface area contributed by atoms with Gasteiger partial charge in [0.25, 0.3) is 5.91 Å². The first-order chi connectivity index (χ1) is 18.5. The molecule has 1 aliphatic carbocycles. The third-order valence-corrected chi connectivity index (χ3v) is 8.33. The van der Waals surface area contributed by atoms with E-state index in [2.05, 4.69) is 25.4 Å². The number of aryl methyl sites for hydroxylation is 1. The van der Waals surface area contributed by atoms with E-state index in [1.54, 1.807) is 28.9 Å². The highest BCUT2D eigenvalue weighted by Crippen LogP contribution is 2.41. The Morgan fingerprint density at radius 3 is 2.62 bits per heavy atom. The van der Waals surface area contributed by atoms with Gasteiger partial charge in [-0.15, -0.1) is 0 Å². The fourth-order valence-corrected chi connectivity index (χ4v) is 5.50. The van der Waals surface area contributed by atoms with Crippen molar-refractivity contribution in [2.24, 2.45) is 0 Å². The number of halogens is 3. The summed E-state index contributed by atoms with van der Waals surface area (Å²) in [7, 11) is -5.42. The molecule has 1 N–H and O–H groups in total. The lowest BCUT2D eigenvalue weighted by molar-refractivity contribution is -0.0496. The van der Waals surface area contributed by atoms with Gasteiger partial charge in [0.05, 0.1) is 30.2 Å². The minimum Gasteiger partial charge on any atom is -0.347 e. The van der Waals surface area contributed by atoms with Crippen molar-refractivity contribution in [3.05, 3.63) is 65.0 Å². The summed E-state index contributed by atoms with van der Waals surface area (Å²) in [5, 5.41) is 7.30. The van der Waals surface area contributed by atoms with Gasteiger partial charge in [-0.25, -0.2) is 18.4 Å². The van der Waals surface area contributed by atoms with E-state index >= 15 is 0 Å². The summed E-state index contributed by atoms with van der Waals surface area (Å²) in [5.74, 6) is 0.483. The van der Waals surface area contributed by atoms with E-state index in [0.29, 0.717) is 32.9 Å². The number of hydrogen-bond acceptors (Lipinski definition) is 7. The van der Waals surface area contributed by atoms with Crippen LogP contribution in [0.2, 0.25) is 0 Å². The molecule has 2 aliphatic rings. The molecular formula is C24H23F3N8O3S. The molecule has 0 unspecified atom stereocenters. The van der Waals surface area contributed by atoms with Crippen molar-refractivity contribution in [2.45, 2.75) is 50.8 Å². The fraction of sp³-hybridized carbons (Fsp3) is 0.375. The lowest BCUT2D eigenvalue weighted by atomic mass is 10.2. The normalized spacial score (nSPS) is 16.4. The van der Waals surface area contributed by atoms with Gasteiger partial charge in [0.15, 0.2) is 0 Å². The van der Waals surface area contributed by atoms with Gasteiger partial charge in [-0.3, -0.25) is 18.9 Å². The predicted octanol–water partition coefficient (Wildman–Crippen LogP) is 2.77. The standard InChI is InChI=1S/C24H23F3N8O3S/c1-14-9-30-23-31-20(16-3-4-16)21(34(23)12-14)22(36)29-11-15-2-5-18(28-10-15)19-8-17-13-33(6-7-35(17)32-19)39(37,38)24(25,26)27/h2,5,8-10,12,16H,3-4,6-7,11,13H2,1H3,(H,29,36). The van der Waals surface area contributed by atoms with E-state index in [1.807, 2.05) is 13.1 Å². The van der Waals surface area contributed by atoms with E-state index in [0.717, 1.165) is 29.7 Å². The number of nitrogens with zero attached hydrogens (tertiary/aromatic N) is 7. The lowest BCUT2D eigenvalue weighted by Crippen LogP contribution is -2.44. The van der Waals surface area contributed by atoms with E-state index < -0.39 is 22.1 Å². The number of nitrogens with one attached hydrogen (secondary N) is 1. The minimum atomic E-state index is -5.42. The number of carbonyl (C=O) groups excluding carboxylic acids is 1. The maximum absolute atomic E-state index is 13.2. The Labute approximate surface area is 220 Å². The number of aromatic nitrogens is 6. The van der Waals surface area contributed by atoms with Crippen LogP contribution in [0.15, 0.2) is 36.8 Å². The van der Waals surface area contributed by atoms with E-state index in [1.165, 1.54) is 10.7 Å². The van der Waals surface area contributed by atoms with Crippen molar-refractivity contribution in [1.29, 1.82) is 0 Å². The van der Waals surface area contributed by atoms with Gasteiger partial charge < -0.3 is 5.32 Å². The Morgan fingerprint density at radius 2 is 1.92 bits per heavy atom. The maximum Gasteiger partial charge on any atom is 0.511 e. The number of alkyl halides is 3. The summed E-state index contributed by atoms with van der Waals surface area (Å²) in [5.41, 5.74) is -1.26. The molecule has 5 heterocycles. The number of pyridine rings is 1. The molecular weight excluding hydrogens is 537 g/mol. The van der Waals surface area contributed by atoms with E-state index in [-0.39, 0.29) is 31.5 Å². The Balaban J connectivity index is 1.15. The molecule has 204 valence electrons. The van der Waals surface area contributed by atoms with E-state index in [4.69, 9.17) is 0 Å². The summed E-state index contributed by atoms with van der Waals surface area (Å²) in [6.45, 7) is 1.35. The first-order valence-electron chi connectivity index (χ1n) is 12.2. The summed E-state index contributed by atoms with van der Waals surface area (Å²) >= 11 is 0. The van der Waals surface area contributed by atoms with Crippen molar-refractivity contribution in [3.8, 4) is 11.4 Å². The molecule has 0 saturated heterocycles. The summed E-state index contributed by atoms with van der Waals surface area (Å²) in [4.78, 5) is 26.5. The van der Waals surface area contributed by atoms with Gasteiger partial charge in [0, 0.05) is 37.6 Å². The molecule has 1 saturated carbocycles. The topological polar surface area (TPSA) is 127 Å². The molecule has 4 aromatic rings. The van der Waals surface area contributed by atoms with Crippen LogP contribution >= 0.6 is 0 Å². The lowest BCUT2D eigenvalue weighted by Gasteiger charge is -2.27. The number of imidazole rings is 1. The highest BCUT2D eigenvalue weighted by atomic mass is 32.2. The Morgan fingerprint density at radius 1 is 1.13 bits per heavy atom. The van der Waals surface area contributed by atoms with Gasteiger partial charge in [-0.2, -0.15) is 22.6 Å². The smallest absolute Gasteiger partial charge is 0.347 e. The van der Waals surface area contributed by atoms with Crippen LogP contribution in [0.5, 0.6) is 0 Å². The second kappa shape index (κ2) is 9.12. The second-order valence-electron chi connectivity index (χ2n) is 9.68. The van der Waals surface area contributed by atoms with Crippen molar-refractivity contribution < 1.29 is 26.4 Å². The summed E-state index contributed by atoms with van der Waals surface area (Å²) in [6, 6.07) is 4.99. The van der Waals surface area contributed by atoms with Crippen LogP contribution in [0.4, 0.5) is 13.2 Å². The molecule has 1 amide bonds. The Bertz CT molecular complexity index is 1690. The van der Waals surface area contributed by atoms with Crippen LogP contribution in [0.3, 0.4) is 0 Å². The van der Waals surface area contributed by atoms with Crippen LogP contribution < -0.4 is 5.32 Å². The molecule has 39 heavy (non-hydrogen) atoms. The van der Waals surface area contributed by atoms with Gasteiger partial charge in [-0.1, -0.05) is 6.07 Å². The molecule has 15 heteroatoms. The monoisotopic (exact) mass is 560 g/mol. The summed E-state index contributed by atoms with van der Waals surface area (Å²) in [6.07, 6.45) is 7.11. The van der Waals surface area contributed by atoms with Crippen molar-refractivity contribution >= 4 is 21.7 Å². The molecule has 11 nitrogen and oxygen atoms in total. The third kappa shape index (κ3) is 4.65. The molecule has 0 atom stereocenters. The zero-order valence-corrected chi connectivity index (χ0v) is 21.5. The van der Waals surface area contributed by atoms with Gasteiger partial charge in [0.1, 0.15) is 11.4 Å². The molecule has 6 rings (SSSR count).